The van der Waals surface area contributed by atoms with Crippen LogP contribution in [0.2, 0.25) is 0 Å². The second-order valence-electron chi connectivity index (χ2n) is 13.8. The number of hydrogen-bond donors (Lipinski definition) is 0. The summed E-state index contributed by atoms with van der Waals surface area (Å²) in [6.45, 7) is 0. The molecule has 6 saturated carbocycles. The molecule has 0 nitrogen and oxygen atoms in total. The van der Waals surface area contributed by atoms with Crippen LogP contribution in [0.5, 0.6) is 0 Å². The Hall–Kier alpha value is 2.10. The molecule has 0 heterocycles. The fourth-order valence-electron chi connectivity index (χ4n) is 4.77. The summed E-state index contributed by atoms with van der Waals surface area (Å²) in [4.78, 5) is 0. The molecule has 0 amide bonds. The number of rotatable bonds is 25. The van der Waals surface area contributed by atoms with Crippen LogP contribution in [-0.2, 0) is 0 Å². The molecule has 0 N–H and O–H groups in total. The van der Waals surface area contributed by atoms with Crippen molar-refractivity contribution in [2.45, 2.75) is 141 Å². The fraction of sp³-hybridized carbons (Fsp3) is 1.00. The third kappa shape index (κ3) is 23.5. The second-order valence-corrected chi connectivity index (χ2v) is 21.7. The zero-order valence-electron chi connectivity index (χ0n) is 25.7. The lowest BCUT2D eigenvalue weighted by molar-refractivity contribution is 0.658. The first-order valence-corrected chi connectivity index (χ1v) is 25.0. The van der Waals surface area contributed by atoms with Crippen LogP contribution in [-0.4, -0.2) is 34.5 Å². The highest BCUT2D eigenvalue weighted by Crippen LogP contribution is 2.41. The van der Waals surface area contributed by atoms with Crippen LogP contribution >= 0.6 is 64.8 Å². The third-order valence-corrected chi connectivity index (χ3v) is 16.8. The fourth-order valence-corrected chi connectivity index (χ4v) is 12.3. The van der Waals surface area contributed by atoms with E-state index in [1.165, 1.54) is 176 Å². The van der Waals surface area contributed by atoms with E-state index < -0.39 is 0 Å². The van der Waals surface area contributed by atoms with E-state index in [1.807, 2.05) is 0 Å². The van der Waals surface area contributed by atoms with E-state index in [1.54, 1.807) is 0 Å². The van der Waals surface area contributed by atoms with Gasteiger partial charge in [0.15, 0.2) is 0 Å². The maximum absolute atomic E-state index is 2.12. The molecule has 6 aliphatic rings. The Labute approximate surface area is 274 Å². The van der Waals surface area contributed by atoms with Gasteiger partial charge in [-0.25, -0.2) is 0 Å². The van der Waals surface area contributed by atoms with Gasteiger partial charge in [-0.05, 0) is 99.7 Å². The summed E-state index contributed by atoms with van der Waals surface area (Å²) in [5, 5.41) is 0. The topological polar surface area (TPSA) is 0 Å². The standard InChI is InChI=1S/C14H26S2.C12H22S2.C8H14S2/c1(5-13-7-8-13)3-11-15-16-12-4-2-6-14-9-10-14;1(3-11-5-6-11)9-13-14-10-2-4-12-7-8-12;1-2-7(1)5-9-10-6-8-3-4-8/h13-14H,1-12H2;11-12H,1-10H2;7-8H,1-6H2. The lowest BCUT2D eigenvalue weighted by atomic mass is 10.2. The van der Waals surface area contributed by atoms with Crippen LogP contribution in [0.15, 0.2) is 0 Å². The van der Waals surface area contributed by atoms with Crippen molar-refractivity contribution in [3.63, 3.8) is 0 Å². The lowest BCUT2D eigenvalue weighted by Crippen LogP contribution is -1.83. The van der Waals surface area contributed by atoms with Gasteiger partial charge in [0.1, 0.15) is 0 Å². The number of hydrogen-bond acceptors (Lipinski definition) is 6. The second kappa shape index (κ2) is 22.6. The van der Waals surface area contributed by atoms with Crippen LogP contribution < -0.4 is 0 Å². The molecule has 6 rings (SSSR count). The van der Waals surface area contributed by atoms with Crippen molar-refractivity contribution in [3.05, 3.63) is 0 Å². The monoisotopic (exact) mass is 662 g/mol. The van der Waals surface area contributed by atoms with E-state index in [2.05, 4.69) is 64.8 Å². The van der Waals surface area contributed by atoms with Gasteiger partial charge in [0.2, 0.25) is 0 Å². The Bertz CT molecular complexity index is 541. The minimum atomic E-state index is 1.11. The highest BCUT2D eigenvalue weighted by Gasteiger charge is 2.24. The van der Waals surface area contributed by atoms with Gasteiger partial charge in [-0.3, -0.25) is 0 Å². The average molecular weight is 663 g/mol. The molecule has 0 aromatic rings. The molecule has 0 aromatic carbocycles. The van der Waals surface area contributed by atoms with Crippen molar-refractivity contribution < 1.29 is 0 Å². The van der Waals surface area contributed by atoms with E-state index in [4.69, 9.17) is 0 Å². The Balaban J connectivity index is 0.000000142. The van der Waals surface area contributed by atoms with Crippen molar-refractivity contribution >= 4 is 64.8 Å². The largest absolute Gasteiger partial charge is 0.0942 e. The summed E-state index contributed by atoms with van der Waals surface area (Å²) in [7, 11) is 12.7. The molecule has 40 heavy (non-hydrogen) atoms. The molecule has 0 atom stereocenters. The van der Waals surface area contributed by atoms with Crippen molar-refractivity contribution in [1.82, 2.24) is 0 Å². The maximum Gasteiger partial charge on any atom is 0.00653 e. The molecule has 6 fully saturated rings. The van der Waals surface area contributed by atoms with Crippen molar-refractivity contribution in [3.8, 4) is 0 Å². The summed E-state index contributed by atoms with van der Waals surface area (Å²) in [6.07, 6.45) is 33.1. The van der Waals surface area contributed by atoms with Crippen LogP contribution in [0.3, 0.4) is 0 Å². The van der Waals surface area contributed by atoms with Crippen molar-refractivity contribution in [1.29, 1.82) is 0 Å². The van der Waals surface area contributed by atoms with E-state index in [0.29, 0.717) is 0 Å². The van der Waals surface area contributed by atoms with Gasteiger partial charge in [-0.1, -0.05) is 142 Å². The molecular formula is C34H62S6. The summed E-state index contributed by atoms with van der Waals surface area (Å²) in [5.74, 6) is 15.2. The lowest BCUT2D eigenvalue weighted by Gasteiger charge is -2.01. The van der Waals surface area contributed by atoms with Crippen molar-refractivity contribution in [2.24, 2.45) is 35.5 Å². The highest BCUT2D eigenvalue weighted by atomic mass is 33.1. The Morgan fingerprint density at radius 2 is 0.550 bits per heavy atom. The van der Waals surface area contributed by atoms with Gasteiger partial charge >= 0.3 is 0 Å². The first-order chi connectivity index (χ1) is 19.8. The minimum absolute atomic E-state index is 1.11. The van der Waals surface area contributed by atoms with Gasteiger partial charge < -0.3 is 0 Å². The predicted molar refractivity (Wildman–Crippen MR) is 197 cm³/mol. The average Bonchev–Trinajstić information content (AvgIpc) is 3.77. The highest BCUT2D eigenvalue weighted by molar-refractivity contribution is 8.77. The molecule has 0 radical (unpaired) electrons. The molecule has 234 valence electrons. The maximum atomic E-state index is 2.12. The van der Waals surface area contributed by atoms with Gasteiger partial charge in [-0.15, -0.1) is 0 Å². The Morgan fingerprint density at radius 3 is 0.850 bits per heavy atom. The van der Waals surface area contributed by atoms with Crippen LogP contribution in [0.1, 0.15) is 141 Å². The quantitative estimate of drug-likeness (QED) is 0.0699. The molecule has 6 aliphatic carbocycles. The first kappa shape index (κ1) is 35.0. The first-order valence-electron chi connectivity index (χ1n) is 17.6. The molecule has 6 heteroatoms. The van der Waals surface area contributed by atoms with Gasteiger partial charge in [0, 0.05) is 34.5 Å². The molecule has 0 aliphatic heterocycles. The van der Waals surface area contributed by atoms with E-state index >= 15 is 0 Å². The Morgan fingerprint density at radius 1 is 0.275 bits per heavy atom. The van der Waals surface area contributed by atoms with Crippen LogP contribution in [0.4, 0.5) is 0 Å². The molecule has 0 bridgehead atoms. The van der Waals surface area contributed by atoms with Gasteiger partial charge in [-0.2, -0.15) is 0 Å². The van der Waals surface area contributed by atoms with Crippen LogP contribution in [0.25, 0.3) is 0 Å². The molecule has 0 saturated heterocycles. The van der Waals surface area contributed by atoms with E-state index in [-0.39, 0.29) is 0 Å². The smallest absolute Gasteiger partial charge is 0.00653 e. The van der Waals surface area contributed by atoms with Crippen molar-refractivity contribution in [2.75, 3.05) is 34.5 Å². The predicted octanol–water partition coefficient (Wildman–Crippen LogP) is 13.5. The third-order valence-electron chi connectivity index (χ3n) is 8.90. The van der Waals surface area contributed by atoms with E-state index in [9.17, 15) is 0 Å². The zero-order valence-corrected chi connectivity index (χ0v) is 30.6. The summed E-state index contributed by atoms with van der Waals surface area (Å²) in [6, 6.07) is 0. The van der Waals surface area contributed by atoms with Gasteiger partial charge in [0.25, 0.3) is 0 Å². The Kier molecular flexibility index (Phi) is 19.7. The summed E-state index contributed by atoms with van der Waals surface area (Å²) >= 11 is 0. The minimum Gasteiger partial charge on any atom is -0.0942 e. The molecular weight excluding hydrogens is 601 g/mol. The zero-order chi connectivity index (χ0) is 27.5. The SMILES string of the molecule is C(CCC1CC1)CSSCCCCC1CC1.C(CSSCCCC1CC1)CC1CC1.C1CC1CSSCC1CC1. The van der Waals surface area contributed by atoms with Gasteiger partial charge in [0.05, 0.1) is 0 Å². The molecule has 0 unspecified atom stereocenters. The number of unbranched alkanes of at least 4 members (excludes halogenated alkanes) is 2. The molecule has 0 aromatic heterocycles. The van der Waals surface area contributed by atoms with E-state index in [0.717, 1.165) is 35.5 Å². The molecule has 0 spiro atoms. The van der Waals surface area contributed by atoms with Crippen LogP contribution in [0, 0.1) is 35.5 Å². The normalized spacial score (nSPS) is 21.9. The summed E-state index contributed by atoms with van der Waals surface area (Å²) < 4.78 is 0. The summed E-state index contributed by atoms with van der Waals surface area (Å²) in [5.41, 5.74) is 0.